The largest absolute Gasteiger partial charge is 0.484 e. The fourth-order valence-corrected chi connectivity index (χ4v) is 2.35. The first-order valence-electron chi connectivity index (χ1n) is 7.87. The van der Waals surface area contributed by atoms with Crippen molar-refractivity contribution < 1.29 is 14.5 Å². The predicted molar refractivity (Wildman–Crippen MR) is 97.4 cm³/mol. The summed E-state index contributed by atoms with van der Waals surface area (Å²) < 4.78 is 5.44. The molecule has 0 heterocycles. The van der Waals surface area contributed by atoms with Crippen molar-refractivity contribution in [1.82, 2.24) is 0 Å². The van der Waals surface area contributed by atoms with Crippen molar-refractivity contribution in [3.05, 3.63) is 63.2 Å². The molecule has 0 aliphatic carbocycles. The Hall–Kier alpha value is -2.60. The van der Waals surface area contributed by atoms with E-state index in [0.717, 1.165) is 6.42 Å². The fraction of sp³-hybridized carbons (Fsp3) is 0.278. The summed E-state index contributed by atoms with van der Waals surface area (Å²) >= 11 is 5.94. The molecule has 1 amide bonds. The van der Waals surface area contributed by atoms with Crippen LogP contribution >= 0.6 is 11.6 Å². The average molecular weight is 363 g/mol. The van der Waals surface area contributed by atoms with Gasteiger partial charge in [0.15, 0.2) is 6.61 Å². The van der Waals surface area contributed by atoms with Crippen LogP contribution in [-0.4, -0.2) is 17.4 Å². The van der Waals surface area contributed by atoms with Crippen molar-refractivity contribution in [3.63, 3.8) is 0 Å². The third-order valence-electron chi connectivity index (χ3n) is 3.87. The zero-order valence-corrected chi connectivity index (χ0v) is 14.7. The molecule has 0 spiro atoms. The summed E-state index contributed by atoms with van der Waals surface area (Å²) in [5, 5.41) is 13.5. The van der Waals surface area contributed by atoms with Gasteiger partial charge in [-0.25, -0.2) is 0 Å². The second-order valence-corrected chi connectivity index (χ2v) is 6.04. The third-order valence-corrected chi connectivity index (χ3v) is 4.20. The highest BCUT2D eigenvalue weighted by Crippen LogP contribution is 2.26. The number of nitrogens with one attached hydrogen (secondary N) is 1. The van der Waals surface area contributed by atoms with E-state index in [-0.39, 0.29) is 23.0 Å². The van der Waals surface area contributed by atoms with Crippen LogP contribution in [0.2, 0.25) is 5.02 Å². The van der Waals surface area contributed by atoms with E-state index < -0.39 is 10.8 Å². The first kappa shape index (κ1) is 18.7. The van der Waals surface area contributed by atoms with Crippen LogP contribution < -0.4 is 10.1 Å². The number of benzene rings is 2. The number of nitro benzene ring substituents is 1. The summed E-state index contributed by atoms with van der Waals surface area (Å²) in [5.74, 6) is 0.592. The highest BCUT2D eigenvalue weighted by Gasteiger charge is 2.12. The molecule has 0 aromatic heterocycles. The molecule has 1 N–H and O–H groups in total. The van der Waals surface area contributed by atoms with Gasteiger partial charge in [-0.05, 0) is 36.1 Å². The van der Waals surface area contributed by atoms with Gasteiger partial charge in [-0.1, -0.05) is 37.6 Å². The standard InChI is InChI=1S/C18H19ClN2O4/c1-3-12(2)13-4-7-15(8-5-13)25-11-18(22)20-17-10-14(21(23)24)6-9-16(17)19/h4-10,12H,3,11H2,1-2H3,(H,20,22)/t12-/m0/s1. The number of hydrogen-bond acceptors (Lipinski definition) is 4. The Morgan fingerprint density at radius 3 is 2.56 bits per heavy atom. The van der Waals surface area contributed by atoms with Gasteiger partial charge < -0.3 is 10.1 Å². The van der Waals surface area contributed by atoms with Crippen LogP contribution in [0.1, 0.15) is 31.7 Å². The van der Waals surface area contributed by atoms with Crippen molar-refractivity contribution in [2.45, 2.75) is 26.2 Å². The number of amides is 1. The minimum Gasteiger partial charge on any atom is -0.484 e. The van der Waals surface area contributed by atoms with Gasteiger partial charge in [-0.2, -0.15) is 0 Å². The molecule has 2 aromatic carbocycles. The van der Waals surface area contributed by atoms with Gasteiger partial charge in [0, 0.05) is 12.1 Å². The molecular weight excluding hydrogens is 344 g/mol. The van der Waals surface area contributed by atoms with Crippen LogP contribution in [0.25, 0.3) is 0 Å². The summed E-state index contributed by atoms with van der Waals surface area (Å²) in [5.41, 5.74) is 1.24. The van der Waals surface area contributed by atoms with Crippen molar-refractivity contribution >= 4 is 28.9 Å². The molecule has 2 rings (SSSR count). The quantitative estimate of drug-likeness (QED) is 0.567. The SMILES string of the molecule is CC[C@H](C)c1ccc(OCC(=O)Nc2cc([N+](=O)[O-])ccc2Cl)cc1. The highest BCUT2D eigenvalue weighted by molar-refractivity contribution is 6.33. The second kappa shape index (κ2) is 8.48. The third kappa shape index (κ3) is 5.19. The fourth-order valence-electron chi connectivity index (χ4n) is 2.19. The number of ether oxygens (including phenoxy) is 1. The van der Waals surface area contributed by atoms with Crippen molar-refractivity contribution in [2.24, 2.45) is 0 Å². The van der Waals surface area contributed by atoms with Crippen LogP contribution in [0, 0.1) is 10.1 Å². The van der Waals surface area contributed by atoms with E-state index in [1.54, 1.807) is 0 Å². The topological polar surface area (TPSA) is 81.5 Å². The number of halogens is 1. The van der Waals surface area contributed by atoms with Crippen LogP contribution in [0.15, 0.2) is 42.5 Å². The minimum atomic E-state index is -0.554. The van der Waals surface area contributed by atoms with Gasteiger partial charge in [-0.15, -0.1) is 0 Å². The summed E-state index contributed by atoms with van der Waals surface area (Å²) in [7, 11) is 0. The number of nitrogens with zero attached hydrogens (tertiary/aromatic N) is 1. The number of carbonyl (C=O) groups excluding carboxylic acids is 1. The lowest BCUT2D eigenvalue weighted by Gasteiger charge is -2.11. The van der Waals surface area contributed by atoms with Gasteiger partial charge in [0.2, 0.25) is 0 Å². The Balaban J connectivity index is 1.95. The molecule has 0 aliphatic rings. The maximum atomic E-state index is 12.0. The molecule has 132 valence electrons. The molecule has 0 radical (unpaired) electrons. The molecule has 2 aromatic rings. The van der Waals surface area contributed by atoms with Gasteiger partial charge in [0.05, 0.1) is 15.6 Å². The number of rotatable bonds is 7. The predicted octanol–water partition coefficient (Wildman–Crippen LogP) is 4.78. The Morgan fingerprint density at radius 1 is 1.28 bits per heavy atom. The number of anilines is 1. The molecule has 0 saturated heterocycles. The van der Waals surface area contributed by atoms with E-state index in [2.05, 4.69) is 19.2 Å². The molecule has 0 bridgehead atoms. The van der Waals surface area contributed by atoms with Gasteiger partial charge >= 0.3 is 0 Å². The summed E-state index contributed by atoms with van der Waals surface area (Å²) in [6.45, 7) is 4.05. The minimum absolute atomic E-state index is 0.152. The van der Waals surface area contributed by atoms with E-state index in [9.17, 15) is 14.9 Å². The van der Waals surface area contributed by atoms with Crippen molar-refractivity contribution in [2.75, 3.05) is 11.9 Å². The van der Waals surface area contributed by atoms with Crippen LogP contribution in [0.4, 0.5) is 11.4 Å². The summed E-state index contributed by atoms with van der Waals surface area (Å²) in [6, 6.07) is 11.4. The van der Waals surface area contributed by atoms with Gasteiger partial charge in [0.1, 0.15) is 5.75 Å². The molecule has 6 nitrogen and oxygen atoms in total. The smallest absolute Gasteiger partial charge is 0.271 e. The lowest BCUT2D eigenvalue weighted by Crippen LogP contribution is -2.20. The van der Waals surface area contributed by atoms with E-state index >= 15 is 0 Å². The normalized spacial score (nSPS) is 11.6. The van der Waals surface area contributed by atoms with Crippen LogP contribution in [-0.2, 0) is 4.79 Å². The van der Waals surface area contributed by atoms with Crippen molar-refractivity contribution in [1.29, 1.82) is 0 Å². The molecule has 1 atom stereocenters. The molecular formula is C18H19ClN2O4. The average Bonchev–Trinajstić information content (AvgIpc) is 2.61. The Kier molecular flexibility index (Phi) is 6.36. The Labute approximate surface area is 150 Å². The summed E-state index contributed by atoms with van der Waals surface area (Å²) in [6.07, 6.45) is 1.05. The molecule has 0 saturated carbocycles. The number of nitro groups is 1. The zero-order chi connectivity index (χ0) is 18.4. The van der Waals surface area contributed by atoms with Crippen molar-refractivity contribution in [3.8, 4) is 5.75 Å². The maximum absolute atomic E-state index is 12.0. The first-order chi connectivity index (χ1) is 11.9. The van der Waals surface area contributed by atoms with E-state index in [1.807, 2.05) is 24.3 Å². The maximum Gasteiger partial charge on any atom is 0.271 e. The zero-order valence-electron chi connectivity index (χ0n) is 14.0. The van der Waals surface area contributed by atoms with Crippen LogP contribution in [0.5, 0.6) is 5.75 Å². The molecule has 7 heteroatoms. The van der Waals surface area contributed by atoms with Gasteiger partial charge in [-0.3, -0.25) is 14.9 Å². The monoisotopic (exact) mass is 362 g/mol. The number of non-ortho nitro benzene ring substituents is 1. The van der Waals surface area contributed by atoms with E-state index in [4.69, 9.17) is 16.3 Å². The lowest BCUT2D eigenvalue weighted by atomic mass is 9.99. The Morgan fingerprint density at radius 2 is 1.96 bits per heavy atom. The van der Waals surface area contributed by atoms with Crippen LogP contribution in [0.3, 0.4) is 0 Å². The number of hydrogen-bond donors (Lipinski definition) is 1. The van der Waals surface area contributed by atoms with Gasteiger partial charge in [0.25, 0.3) is 11.6 Å². The molecule has 0 aliphatic heterocycles. The summed E-state index contributed by atoms with van der Waals surface area (Å²) in [4.78, 5) is 22.2. The first-order valence-corrected chi connectivity index (χ1v) is 8.25. The Bertz CT molecular complexity index is 762. The number of carbonyl (C=O) groups is 1. The molecule has 0 fully saturated rings. The molecule has 0 unspecified atom stereocenters. The second-order valence-electron chi connectivity index (χ2n) is 5.64. The van der Waals surface area contributed by atoms with E-state index in [1.165, 1.54) is 23.8 Å². The lowest BCUT2D eigenvalue weighted by molar-refractivity contribution is -0.384. The molecule has 25 heavy (non-hydrogen) atoms. The highest BCUT2D eigenvalue weighted by atomic mass is 35.5. The van der Waals surface area contributed by atoms with E-state index in [0.29, 0.717) is 11.7 Å².